The molecule has 4 nitrogen and oxygen atoms in total. The summed E-state index contributed by atoms with van der Waals surface area (Å²) in [6.07, 6.45) is 0. The average molecular weight is 274 g/mol. The number of halogens is 1. The van der Waals surface area contributed by atoms with Gasteiger partial charge in [-0.15, -0.1) is 0 Å². The zero-order valence-electron chi connectivity index (χ0n) is 11.2. The summed E-state index contributed by atoms with van der Waals surface area (Å²) in [5, 5.41) is 8.95. The van der Waals surface area contributed by atoms with Gasteiger partial charge in [0.1, 0.15) is 11.6 Å². The maximum absolute atomic E-state index is 13.8. The molecule has 0 amide bonds. The number of carboxylic acids is 1. The molecule has 0 fully saturated rings. The zero-order valence-corrected chi connectivity index (χ0v) is 11.2. The summed E-state index contributed by atoms with van der Waals surface area (Å²) in [6.45, 7) is 1.84. The maximum atomic E-state index is 13.8. The van der Waals surface area contributed by atoms with Crippen LogP contribution in [-0.4, -0.2) is 23.1 Å². The van der Waals surface area contributed by atoms with Gasteiger partial charge in [-0.05, 0) is 25.1 Å². The second-order valence-electron chi connectivity index (χ2n) is 4.49. The van der Waals surface area contributed by atoms with Gasteiger partial charge in [-0.1, -0.05) is 24.3 Å². The number of carbonyl (C=O) groups is 1. The van der Waals surface area contributed by atoms with Crippen LogP contribution in [0.4, 0.5) is 10.2 Å². The van der Waals surface area contributed by atoms with Gasteiger partial charge in [0.25, 0.3) is 0 Å². The zero-order chi connectivity index (χ0) is 14.7. The first-order chi connectivity index (χ1) is 9.50. The van der Waals surface area contributed by atoms with E-state index >= 15 is 0 Å². The van der Waals surface area contributed by atoms with Crippen LogP contribution in [0.2, 0.25) is 0 Å². The third-order valence-corrected chi connectivity index (χ3v) is 3.25. The summed E-state index contributed by atoms with van der Waals surface area (Å²) in [4.78, 5) is 16.7. The van der Waals surface area contributed by atoms with Crippen LogP contribution in [0.1, 0.15) is 29.0 Å². The number of pyridine rings is 1. The van der Waals surface area contributed by atoms with E-state index in [9.17, 15) is 9.18 Å². The first kappa shape index (κ1) is 14.0. The molecule has 2 rings (SSSR count). The molecule has 2 aromatic rings. The van der Waals surface area contributed by atoms with Crippen molar-refractivity contribution in [3.63, 3.8) is 0 Å². The molecule has 104 valence electrons. The lowest BCUT2D eigenvalue weighted by Crippen LogP contribution is -2.24. The van der Waals surface area contributed by atoms with E-state index in [1.165, 1.54) is 12.1 Å². The molecule has 0 saturated carbocycles. The Balaban J connectivity index is 2.31. The van der Waals surface area contributed by atoms with Crippen LogP contribution in [0.15, 0.2) is 42.5 Å². The largest absolute Gasteiger partial charge is 0.477 e. The summed E-state index contributed by atoms with van der Waals surface area (Å²) in [7, 11) is 1.76. The number of aromatic carboxylic acids is 1. The monoisotopic (exact) mass is 274 g/mol. The normalized spacial score (nSPS) is 11.9. The second kappa shape index (κ2) is 5.69. The molecule has 1 N–H and O–H groups in total. The van der Waals surface area contributed by atoms with Crippen molar-refractivity contribution in [2.24, 2.45) is 0 Å². The van der Waals surface area contributed by atoms with Crippen molar-refractivity contribution in [3.8, 4) is 0 Å². The third kappa shape index (κ3) is 2.77. The highest BCUT2D eigenvalue weighted by Gasteiger charge is 2.17. The predicted octanol–water partition coefficient (Wildman–Crippen LogP) is 3.12. The molecule has 1 unspecified atom stereocenters. The van der Waals surface area contributed by atoms with E-state index < -0.39 is 5.97 Å². The second-order valence-corrected chi connectivity index (χ2v) is 4.49. The Labute approximate surface area is 116 Å². The van der Waals surface area contributed by atoms with E-state index in [-0.39, 0.29) is 17.6 Å². The highest BCUT2D eigenvalue weighted by molar-refractivity contribution is 5.85. The van der Waals surface area contributed by atoms with Gasteiger partial charge in [-0.3, -0.25) is 0 Å². The molecule has 0 saturated heterocycles. The molecule has 0 bridgehead atoms. The van der Waals surface area contributed by atoms with Gasteiger partial charge in [-0.2, -0.15) is 0 Å². The van der Waals surface area contributed by atoms with Crippen molar-refractivity contribution in [2.45, 2.75) is 13.0 Å². The lowest BCUT2D eigenvalue weighted by atomic mass is 10.1. The van der Waals surface area contributed by atoms with Gasteiger partial charge >= 0.3 is 5.97 Å². The SMILES string of the molecule is CC(c1ccccc1F)N(C)c1cccc(C(=O)O)n1. The molecule has 0 aliphatic heterocycles. The predicted molar refractivity (Wildman–Crippen MR) is 74.4 cm³/mol. The lowest BCUT2D eigenvalue weighted by Gasteiger charge is -2.26. The Morgan fingerprint density at radius 2 is 1.95 bits per heavy atom. The van der Waals surface area contributed by atoms with Crippen molar-refractivity contribution in [3.05, 3.63) is 59.5 Å². The minimum atomic E-state index is -1.08. The summed E-state index contributed by atoms with van der Waals surface area (Å²) < 4.78 is 13.8. The van der Waals surface area contributed by atoms with Crippen LogP contribution in [0, 0.1) is 5.82 Å². The van der Waals surface area contributed by atoms with Gasteiger partial charge in [0.2, 0.25) is 0 Å². The van der Waals surface area contributed by atoms with Crippen LogP contribution < -0.4 is 4.90 Å². The van der Waals surface area contributed by atoms with E-state index in [1.807, 2.05) is 6.92 Å². The summed E-state index contributed by atoms with van der Waals surface area (Å²) >= 11 is 0. The number of nitrogens with zero attached hydrogens (tertiary/aromatic N) is 2. The molecule has 1 aromatic heterocycles. The lowest BCUT2D eigenvalue weighted by molar-refractivity contribution is 0.0690. The van der Waals surface area contributed by atoms with Crippen molar-refractivity contribution >= 4 is 11.8 Å². The van der Waals surface area contributed by atoms with Crippen LogP contribution in [-0.2, 0) is 0 Å². The van der Waals surface area contributed by atoms with Crippen LogP contribution in [0.25, 0.3) is 0 Å². The maximum Gasteiger partial charge on any atom is 0.354 e. The van der Waals surface area contributed by atoms with Crippen molar-refractivity contribution < 1.29 is 14.3 Å². The molecular formula is C15H15FN2O2. The minimum Gasteiger partial charge on any atom is -0.477 e. The number of aromatic nitrogens is 1. The van der Waals surface area contributed by atoms with E-state index in [1.54, 1.807) is 42.3 Å². The van der Waals surface area contributed by atoms with Gasteiger partial charge in [0.05, 0.1) is 6.04 Å². The van der Waals surface area contributed by atoms with E-state index in [0.29, 0.717) is 11.4 Å². The smallest absolute Gasteiger partial charge is 0.354 e. The molecule has 20 heavy (non-hydrogen) atoms. The van der Waals surface area contributed by atoms with Crippen LogP contribution in [0.5, 0.6) is 0 Å². The first-order valence-electron chi connectivity index (χ1n) is 6.18. The van der Waals surface area contributed by atoms with Crippen LogP contribution >= 0.6 is 0 Å². The fourth-order valence-electron chi connectivity index (χ4n) is 1.96. The first-order valence-corrected chi connectivity index (χ1v) is 6.18. The van der Waals surface area contributed by atoms with E-state index in [0.717, 1.165) is 0 Å². The molecule has 0 radical (unpaired) electrons. The Morgan fingerprint density at radius 3 is 2.60 bits per heavy atom. The molecule has 0 aliphatic rings. The van der Waals surface area contributed by atoms with Crippen molar-refractivity contribution in [1.29, 1.82) is 0 Å². The Bertz CT molecular complexity index is 631. The fraction of sp³-hybridized carbons (Fsp3) is 0.200. The number of hydrogen-bond acceptors (Lipinski definition) is 3. The number of hydrogen-bond donors (Lipinski definition) is 1. The average Bonchev–Trinajstić information content (AvgIpc) is 2.46. The van der Waals surface area contributed by atoms with Gasteiger partial charge < -0.3 is 10.0 Å². The third-order valence-electron chi connectivity index (χ3n) is 3.25. The van der Waals surface area contributed by atoms with Gasteiger partial charge in [-0.25, -0.2) is 14.2 Å². The Hall–Kier alpha value is -2.43. The van der Waals surface area contributed by atoms with Gasteiger partial charge in [0.15, 0.2) is 5.69 Å². The van der Waals surface area contributed by atoms with Crippen molar-refractivity contribution in [2.75, 3.05) is 11.9 Å². The summed E-state index contributed by atoms with van der Waals surface area (Å²) in [5.74, 6) is -0.888. The standard InChI is InChI=1S/C15H15FN2O2/c1-10(11-6-3-4-7-12(11)16)18(2)14-9-5-8-13(17-14)15(19)20/h3-10H,1-2H3,(H,19,20). The molecule has 0 aliphatic carbocycles. The van der Waals surface area contributed by atoms with Crippen molar-refractivity contribution in [1.82, 2.24) is 4.98 Å². The highest BCUT2D eigenvalue weighted by atomic mass is 19.1. The molecule has 0 spiro atoms. The van der Waals surface area contributed by atoms with E-state index in [2.05, 4.69) is 4.98 Å². The Morgan fingerprint density at radius 1 is 1.25 bits per heavy atom. The quantitative estimate of drug-likeness (QED) is 0.930. The number of benzene rings is 1. The number of anilines is 1. The molecule has 5 heteroatoms. The molecule has 1 aromatic carbocycles. The highest BCUT2D eigenvalue weighted by Crippen LogP contribution is 2.25. The summed E-state index contributed by atoms with van der Waals surface area (Å²) in [5.41, 5.74) is 0.507. The minimum absolute atomic E-state index is 0.0323. The topological polar surface area (TPSA) is 53.4 Å². The van der Waals surface area contributed by atoms with Crippen LogP contribution in [0.3, 0.4) is 0 Å². The fourth-order valence-corrected chi connectivity index (χ4v) is 1.96. The number of rotatable bonds is 4. The number of carboxylic acid groups (broad SMARTS) is 1. The molecule has 1 heterocycles. The summed E-state index contributed by atoms with van der Waals surface area (Å²) in [6, 6.07) is 11.0. The molecular weight excluding hydrogens is 259 g/mol. The Kier molecular flexibility index (Phi) is 3.98. The molecule has 1 atom stereocenters. The van der Waals surface area contributed by atoms with E-state index in [4.69, 9.17) is 5.11 Å². The van der Waals surface area contributed by atoms with Gasteiger partial charge in [0, 0.05) is 12.6 Å².